The molecule has 1 aromatic carbocycles. The van der Waals surface area contributed by atoms with Crippen molar-refractivity contribution < 1.29 is 9.47 Å². The lowest BCUT2D eigenvalue weighted by atomic mass is 10.2. The normalized spacial score (nSPS) is 10.2. The van der Waals surface area contributed by atoms with Crippen LogP contribution in [-0.4, -0.2) is 19.3 Å². The van der Waals surface area contributed by atoms with Gasteiger partial charge >= 0.3 is 0 Å². The molecular formula is C14H23Cl2NO2. The summed E-state index contributed by atoms with van der Waals surface area (Å²) in [5, 5.41) is 3.96. The second kappa shape index (κ2) is 9.29. The summed E-state index contributed by atoms with van der Waals surface area (Å²) in [6.07, 6.45) is 0. The van der Waals surface area contributed by atoms with E-state index in [-0.39, 0.29) is 12.4 Å². The number of nitrogens with one attached hydrogen (secondary N) is 1. The van der Waals surface area contributed by atoms with E-state index in [1.165, 1.54) is 0 Å². The lowest BCUT2D eigenvalue weighted by molar-refractivity contribution is 0.287. The van der Waals surface area contributed by atoms with E-state index in [0.717, 1.165) is 12.1 Å². The lowest BCUT2D eigenvalue weighted by Gasteiger charge is -2.15. The molecule has 0 aliphatic rings. The third kappa shape index (κ3) is 5.89. The van der Waals surface area contributed by atoms with E-state index in [2.05, 4.69) is 19.2 Å². The van der Waals surface area contributed by atoms with E-state index in [1.54, 1.807) is 0 Å². The van der Waals surface area contributed by atoms with E-state index in [0.29, 0.717) is 35.8 Å². The highest BCUT2D eigenvalue weighted by Crippen LogP contribution is 2.36. The summed E-state index contributed by atoms with van der Waals surface area (Å²) in [6.45, 7) is 10.0. The van der Waals surface area contributed by atoms with Crippen molar-refractivity contribution in [3.8, 4) is 11.5 Å². The topological polar surface area (TPSA) is 30.5 Å². The van der Waals surface area contributed by atoms with Crippen LogP contribution in [0.25, 0.3) is 0 Å². The van der Waals surface area contributed by atoms with Gasteiger partial charge in [0.1, 0.15) is 0 Å². The van der Waals surface area contributed by atoms with Crippen LogP contribution < -0.4 is 14.8 Å². The standard InChI is InChI=1S/C14H22ClNO2.ClH/c1-5-17-13-8-11(9-16-10(3)4)7-12(15)14(13)18-6-2;/h7-8,10,16H,5-6,9H2,1-4H3;1H. The summed E-state index contributed by atoms with van der Waals surface area (Å²) < 4.78 is 11.1. The van der Waals surface area contributed by atoms with Crippen LogP contribution in [0.1, 0.15) is 33.3 Å². The van der Waals surface area contributed by atoms with Gasteiger partial charge in [0.15, 0.2) is 11.5 Å². The molecule has 0 aromatic heterocycles. The van der Waals surface area contributed by atoms with Crippen molar-refractivity contribution >= 4 is 24.0 Å². The molecule has 0 saturated heterocycles. The zero-order valence-corrected chi connectivity index (χ0v) is 13.5. The van der Waals surface area contributed by atoms with Gasteiger partial charge in [-0.15, -0.1) is 12.4 Å². The molecule has 0 aliphatic heterocycles. The summed E-state index contributed by atoms with van der Waals surface area (Å²) in [7, 11) is 0. The molecule has 5 heteroatoms. The summed E-state index contributed by atoms with van der Waals surface area (Å²) in [5.41, 5.74) is 1.10. The summed E-state index contributed by atoms with van der Waals surface area (Å²) >= 11 is 6.23. The number of benzene rings is 1. The molecule has 1 rings (SSSR count). The van der Waals surface area contributed by atoms with Crippen LogP contribution in [-0.2, 0) is 6.54 Å². The van der Waals surface area contributed by atoms with E-state index in [1.807, 2.05) is 26.0 Å². The van der Waals surface area contributed by atoms with Gasteiger partial charge in [-0.05, 0) is 31.5 Å². The minimum atomic E-state index is 0. The monoisotopic (exact) mass is 307 g/mol. The minimum absolute atomic E-state index is 0. The van der Waals surface area contributed by atoms with Crippen molar-refractivity contribution in [2.75, 3.05) is 13.2 Å². The molecule has 19 heavy (non-hydrogen) atoms. The zero-order valence-electron chi connectivity index (χ0n) is 12.0. The fourth-order valence-corrected chi connectivity index (χ4v) is 1.88. The fourth-order valence-electron chi connectivity index (χ4n) is 1.59. The van der Waals surface area contributed by atoms with Crippen LogP contribution >= 0.6 is 24.0 Å². The van der Waals surface area contributed by atoms with Crippen molar-refractivity contribution in [1.82, 2.24) is 5.32 Å². The molecule has 0 saturated carbocycles. The summed E-state index contributed by atoms with van der Waals surface area (Å²) in [5.74, 6) is 1.35. The van der Waals surface area contributed by atoms with Crippen LogP contribution in [0.15, 0.2) is 12.1 Å². The Balaban J connectivity index is 0.00000324. The van der Waals surface area contributed by atoms with Crippen molar-refractivity contribution in [3.05, 3.63) is 22.7 Å². The maximum atomic E-state index is 6.23. The molecule has 1 N–H and O–H groups in total. The van der Waals surface area contributed by atoms with Crippen LogP contribution in [0.3, 0.4) is 0 Å². The molecular weight excluding hydrogens is 285 g/mol. The first kappa shape index (κ1) is 18.4. The maximum Gasteiger partial charge on any atom is 0.179 e. The van der Waals surface area contributed by atoms with Crippen molar-refractivity contribution in [2.45, 2.75) is 40.3 Å². The third-order valence-electron chi connectivity index (χ3n) is 2.37. The van der Waals surface area contributed by atoms with E-state index < -0.39 is 0 Å². The van der Waals surface area contributed by atoms with Gasteiger partial charge in [0.2, 0.25) is 0 Å². The Morgan fingerprint density at radius 3 is 2.32 bits per heavy atom. The first-order valence-corrected chi connectivity index (χ1v) is 6.77. The van der Waals surface area contributed by atoms with Gasteiger partial charge in [-0.1, -0.05) is 25.4 Å². The first-order chi connectivity index (χ1) is 8.58. The number of hydrogen-bond donors (Lipinski definition) is 1. The Morgan fingerprint density at radius 1 is 1.16 bits per heavy atom. The molecule has 0 heterocycles. The Kier molecular flexibility index (Phi) is 8.98. The number of rotatable bonds is 7. The van der Waals surface area contributed by atoms with Gasteiger partial charge in [0.25, 0.3) is 0 Å². The highest BCUT2D eigenvalue weighted by Gasteiger charge is 2.12. The SMILES string of the molecule is CCOc1cc(CNC(C)C)cc(Cl)c1OCC.Cl. The molecule has 1 aromatic rings. The summed E-state index contributed by atoms with van der Waals surface area (Å²) in [4.78, 5) is 0. The predicted molar refractivity (Wildman–Crippen MR) is 83.0 cm³/mol. The van der Waals surface area contributed by atoms with Gasteiger partial charge in [0, 0.05) is 12.6 Å². The van der Waals surface area contributed by atoms with Crippen LogP contribution in [0.4, 0.5) is 0 Å². The Labute approximate surface area is 127 Å². The Morgan fingerprint density at radius 2 is 1.79 bits per heavy atom. The number of hydrogen-bond acceptors (Lipinski definition) is 3. The molecule has 110 valence electrons. The van der Waals surface area contributed by atoms with Gasteiger partial charge in [-0.3, -0.25) is 0 Å². The first-order valence-electron chi connectivity index (χ1n) is 6.39. The number of ether oxygens (including phenoxy) is 2. The van der Waals surface area contributed by atoms with Crippen LogP contribution in [0.2, 0.25) is 5.02 Å². The third-order valence-corrected chi connectivity index (χ3v) is 2.65. The molecule has 0 spiro atoms. The van der Waals surface area contributed by atoms with E-state index in [4.69, 9.17) is 21.1 Å². The average molecular weight is 308 g/mol. The molecule has 0 aliphatic carbocycles. The van der Waals surface area contributed by atoms with Crippen molar-refractivity contribution in [2.24, 2.45) is 0 Å². The van der Waals surface area contributed by atoms with Gasteiger partial charge in [-0.2, -0.15) is 0 Å². The smallest absolute Gasteiger partial charge is 0.179 e. The number of halogens is 2. The fraction of sp³-hybridized carbons (Fsp3) is 0.571. The van der Waals surface area contributed by atoms with Gasteiger partial charge in [-0.25, -0.2) is 0 Å². The molecule has 0 bridgehead atoms. The molecule has 0 atom stereocenters. The second-order valence-electron chi connectivity index (χ2n) is 4.31. The predicted octanol–water partition coefficient (Wildman–Crippen LogP) is 4.06. The lowest BCUT2D eigenvalue weighted by Crippen LogP contribution is -2.21. The van der Waals surface area contributed by atoms with Gasteiger partial charge < -0.3 is 14.8 Å². The van der Waals surface area contributed by atoms with E-state index >= 15 is 0 Å². The Hall–Kier alpha value is -0.640. The minimum Gasteiger partial charge on any atom is -0.490 e. The molecule has 3 nitrogen and oxygen atoms in total. The van der Waals surface area contributed by atoms with Crippen molar-refractivity contribution in [1.29, 1.82) is 0 Å². The van der Waals surface area contributed by atoms with Crippen molar-refractivity contribution in [3.63, 3.8) is 0 Å². The van der Waals surface area contributed by atoms with Crippen LogP contribution in [0.5, 0.6) is 11.5 Å². The second-order valence-corrected chi connectivity index (χ2v) is 4.71. The highest BCUT2D eigenvalue weighted by atomic mass is 35.5. The molecule has 0 radical (unpaired) electrons. The van der Waals surface area contributed by atoms with E-state index in [9.17, 15) is 0 Å². The highest BCUT2D eigenvalue weighted by molar-refractivity contribution is 6.32. The largest absolute Gasteiger partial charge is 0.490 e. The maximum absolute atomic E-state index is 6.23. The Bertz CT molecular complexity index is 384. The molecule has 0 unspecified atom stereocenters. The zero-order chi connectivity index (χ0) is 13.5. The summed E-state index contributed by atoms with van der Waals surface area (Å²) in [6, 6.07) is 4.34. The average Bonchev–Trinajstić information content (AvgIpc) is 2.31. The van der Waals surface area contributed by atoms with Crippen LogP contribution in [0, 0.1) is 0 Å². The van der Waals surface area contributed by atoms with Gasteiger partial charge in [0.05, 0.1) is 18.2 Å². The quantitative estimate of drug-likeness (QED) is 0.824. The molecule has 0 fully saturated rings. The molecule has 0 amide bonds.